The molecule has 1 unspecified atom stereocenters. The quantitative estimate of drug-likeness (QED) is 0.410. The average Bonchev–Trinajstić information content (AvgIpc) is 2.53. The molecule has 1 amide bonds. The van der Waals surface area contributed by atoms with E-state index in [1.807, 2.05) is 0 Å². The summed E-state index contributed by atoms with van der Waals surface area (Å²) in [6, 6.07) is 6.77. The number of benzene rings is 1. The fraction of sp³-hybridized carbons (Fsp3) is 0.353. The molecular weight excluding hydrogens is 413 g/mol. The van der Waals surface area contributed by atoms with Gasteiger partial charge < -0.3 is 9.64 Å². The van der Waals surface area contributed by atoms with E-state index in [4.69, 9.17) is 16.3 Å². The maximum atomic E-state index is 12.7. The molecule has 0 fully saturated rings. The van der Waals surface area contributed by atoms with Crippen LogP contribution < -0.4 is 4.74 Å². The third kappa shape index (κ3) is 5.55. The number of halogens is 3. The van der Waals surface area contributed by atoms with Crippen LogP contribution in [0.2, 0.25) is 0 Å². The molecule has 1 heterocycles. The fourth-order valence-electron chi connectivity index (χ4n) is 2.13. The summed E-state index contributed by atoms with van der Waals surface area (Å²) in [6.07, 6.45) is 0.485. The Kier molecular flexibility index (Phi) is 8.90. The number of allylic oxidation sites excluding steroid dienone is 1. The summed E-state index contributed by atoms with van der Waals surface area (Å²) >= 11 is 5.85. The summed E-state index contributed by atoms with van der Waals surface area (Å²) in [7, 11) is 0. The van der Waals surface area contributed by atoms with Crippen LogP contribution in [0, 0.1) is 17.9 Å². The molecule has 1 atom stereocenters. The first-order valence-electron chi connectivity index (χ1n) is 7.00. The van der Waals surface area contributed by atoms with E-state index in [1.54, 1.807) is 31.2 Å². The second kappa shape index (κ2) is 10.1. The zero-order valence-electron chi connectivity index (χ0n) is 13.1. The van der Waals surface area contributed by atoms with Crippen LogP contribution in [-0.2, 0) is 37.5 Å². The van der Waals surface area contributed by atoms with Crippen LogP contribution in [0.25, 0.3) is 5.70 Å². The summed E-state index contributed by atoms with van der Waals surface area (Å²) in [4.78, 5) is 13.0. The standard InChI is InChI=1S/C17H15ClF2NO2.Y/c1-2-3-10-23-13-6-4-12(5-7-13)15-9-8-14(18)17(22)21(15)11-16(19)20;/h4-7,14,16H,8,10-11H2,1H3;/q-1;. The minimum Gasteiger partial charge on any atom is -0.481 e. The minimum absolute atomic E-state index is 0. The van der Waals surface area contributed by atoms with Crippen molar-refractivity contribution in [3.8, 4) is 17.6 Å². The summed E-state index contributed by atoms with van der Waals surface area (Å²) in [5.74, 6) is 5.57. The molecule has 0 spiro atoms. The Morgan fingerprint density at radius 3 is 2.67 bits per heavy atom. The number of rotatable bonds is 5. The Balaban J connectivity index is 0.00000288. The van der Waals surface area contributed by atoms with Crippen molar-refractivity contribution in [2.45, 2.75) is 25.1 Å². The number of nitrogens with zero attached hydrogens (tertiary/aromatic N) is 1. The molecule has 0 aliphatic carbocycles. The van der Waals surface area contributed by atoms with Crippen molar-refractivity contribution in [2.75, 3.05) is 13.2 Å². The summed E-state index contributed by atoms with van der Waals surface area (Å²) in [6.45, 7) is 1.29. The maximum absolute atomic E-state index is 12.7. The van der Waals surface area contributed by atoms with Gasteiger partial charge in [-0.25, -0.2) is 14.9 Å². The Bertz CT molecular complexity index is 653. The third-order valence-corrected chi connectivity index (χ3v) is 3.53. The topological polar surface area (TPSA) is 29.5 Å². The second-order valence-electron chi connectivity index (χ2n) is 4.78. The number of carbonyl (C=O) groups excluding carboxylic acids is 1. The largest absolute Gasteiger partial charge is 0.481 e. The summed E-state index contributed by atoms with van der Waals surface area (Å²) < 4.78 is 30.9. The molecule has 24 heavy (non-hydrogen) atoms. The van der Waals surface area contributed by atoms with Gasteiger partial charge in [0.25, 0.3) is 6.43 Å². The summed E-state index contributed by atoms with van der Waals surface area (Å²) in [5.41, 5.74) is 0.934. The smallest absolute Gasteiger partial charge is 0.256 e. The molecule has 7 heteroatoms. The van der Waals surface area contributed by atoms with Gasteiger partial charge in [0.2, 0.25) is 5.91 Å². The van der Waals surface area contributed by atoms with Crippen LogP contribution in [0.15, 0.2) is 24.3 Å². The van der Waals surface area contributed by atoms with Gasteiger partial charge in [-0.15, -0.1) is 35.4 Å². The molecule has 1 aromatic rings. The summed E-state index contributed by atoms with van der Waals surface area (Å²) in [5, 5.41) is -0.854. The van der Waals surface area contributed by atoms with E-state index in [9.17, 15) is 13.6 Å². The molecule has 1 radical (unpaired) electrons. The predicted octanol–water partition coefficient (Wildman–Crippen LogP) is 3.34. The number of hydrogen-bond acceptors (Lipinski definition) is 2. The van der Waals surface area contributed by atoms with E-state index in [0.717, 1.165) is 4.90 Å². The van der Waals surface area contributed by atoms with Crippen LogP contribution in [0.5, 0.6) is 5.75 Å². The van der Waals surface area contributed by atoms with Gasteiger partial charge in [0, 0.05) is 32.7 Å². The van der Waals surface area contributed by atoms with Gasteiger partial charge in [-0.2, -0.15) is 5.56 Å². The second-order valence-corrected chi connectivity index (χ2v) is 5.30. The van der Waals surface area contributed by atoms with Crippen molar-refractivity contribution in [1.29, 1.82) is 0 Å². The van der Waals surface area contributed by atoms with Crippen molar-refractivity contribution < 1.29 is 51.0 Å². The first kappa shape index (κ1) is 21.1. The number of ether oxygens (including phenoxy) is 1. The van der Waals surface area contributed by atoms with Gasteiger partial charge in [0.1, 0.15) is 17.7 Å². The van der Waals surface area contributed by atoms with Crippen LogP contribution in [0.1, 0.15) is 18.9 Å². The first-order valence-corrected chi connectivity index (χ1v) is 7.44. The molecule has 125 valence electrons. The molecule has 0 saturated heterocycles. The zero-order valence-corrected chi connectivity index (χ0v) is 16.7. The molecule has 0 N–H and O–H groups in total. The van der Waals surface area contributed by atoms with E-state index in [-0.39, 0.29) is 45.7 Å². The van der Waals surface area contributed by atoms with Crippen molar-refractivity contribution in [3.05, 3.63) is 35.9 Å². The van der Waals surface area contributed by atoms with Gasteiger partial charge in [-0.05, 0) is 19.1 Å². The van der Waals surface area contributed by atoms with Gasteiger partial charge in [0.05, 0.1) is 6.54 Å². The van der Waals surface area contributed by atoms with E-state index >= 15 is 0 Å². The number of amides is 1. The molecule has 0 aromatic heterocycles. The Hall–Kier alpha value is -0.956. The molecule has 0 bridgehead atoms. The molecule has 1 aliphatic heterocycles. The molecular formula is C17H15ClF2NO2Y-. The van der Waals surface area contributed by atoms with Gasteiger partial charge >= 0.3 is 0 Å². The Morgan fingerprint density at radius 1 is 1.42 bits per heavy atom. The Morgan fingerprint density at radius 2 is 2.08 bits per heavy atom. The molecule has 1 aromatic carbocycles. The van der Waals surface area contributed by atoms with Crippen molar-refractivity contribution in [1.82, 2.24) is 4.90 Å². The predicted molar refractivity (Wildman–Crippen MR) is 84.0 cm³/mol. The normalized spacial score (nSPS) is 16.9. The van der Waals surface area contributed by atoms with E-state index in [1.165, 1.54) is 0 Å². The molecule has 3 nitrogen and oxygen atoms in total. The molecule has 2 rings (SSSR count). The fourth-order valence-corrected chi connectivity index (χ4v) is 2.32. The van der Waals surface area contributed by atoms with Gasteiger partial charge in [0.15, 0.2) is 0 Å². The van der Waals surface area contributed by atoms with Crippen molar-refractivity contribution >= 4 is 23.2 Å². The number of alkyl halides is 3. The van der Waals surface area contributed by atoms with E-state index in [2.05, 4.69) is 17.9 Å². The monoisotopic (exact) mass is 427 g/mol. The van der Waals surface area contributed by atoms with Gasteiger partial charge in [-0.1, -0.05) is 12.3 Å². The SMILES string of the molecule is CC#CCOc1ccc(C2=[C-]CC(Cl)C(=O)N2CC(F)F)cc1.[Y]. The molecule has 1 aliphatic rings. The average molecular weight is 428 g/mol. The van der Waals surface area contributed by atoms with Crippen LogP contribution >= 0.6 is 11.6 Å². The van der Waals surface area contributed by atoms with Gasteiger partial charge in [-0.3, -0.25) is 4.79 Å². The van der Waals surface area contributed by atoms with Crippen molar-refractivity contribution in [3.63, 3.8) is 0 Å². The Labute approximate surface area is 170 Å². The van der Waals surface area contributed by atoms with Crippen LogP contribution in [-0.4, -0.2) is 35.8 Å². The number of hydrogen-bond donors (Lipinski definition) is 0. The maximum Gasteiger partial charge on any atom is 0.256 e. The van der Waals surface area contributed by atoms with Crippen LogP contribution in [0.3, 0.4) is 0 Å². The van der Waals surface area contributed by atoms with Crippen molar-refractivity contribution in [2.24, 2.45) is 0 Å². The van der Waals surface area contributed by atoms with E-state index in [0.29, 0.717) is 17.0 Å². The van der Waals surface area contributed by atoms with E-state index < -0.39 is 24.3 Å². The third-order valence-electron chi connectivity index (χ3n) is 3.19. The van der Waals surface area contributed by atoms with Crippen LogP contribution in [0.4, 0.5) is 8.78 Å². The minimum atomic E-state index is -2.65. The number of carbonyl (C=O) groups is 1. The first-order chi connectivity index (χ1) is 11.0. The molecule has 0 saturated carbocycles. The zero-order chi connectivity index (χ0) is 16.8.